The van der Waals surface area contributed by atoms with Gasteiger partial charge in [-0.25, -0.2) is 0 Å². The van der Waals surface area contributed by atoms with Crippen LogP contribution in [0.5, 0.6) is 0 Å². The molecular weight excluding hydrogens is 276 g/mol. The molecule has 0 saturated carbocycles. The lowest BCUT2D eigenvalue weighted by molar-refractivity contribution is -0.121. The Hall–Kier alpha value is -1.08. The van der Waals surface area contributed by atoms with Crippen LogP contribution in [0.25, 0.3) is 0 Å². The SMILES string of the molecule is CC(C)c1ccc(S(O)(O)N2CCCC2C(N)=O)cc1. The summed E-state index contributed by atoms with van der Waals surface area (Å²) in [7, 11) is -3.14. The Morgan fingerprint density at radius 3 is 2.45 bits per heavy atom. The number of nitrogens with two attached hydrogens (primary N) is 1. The van der Waals surface area contributed by atoms with Gasteiger partial charge in [-0.1, -0.05) is 26.0 Å². The molecule has 1 aliphatic heterocycles. The minimum Gasteiger partial charge on any atom is -0.368 e. The maximum absolute atomic E-state index is 11.4. The van der Waals surface area contributed by atoms with Gasteiger partial charge in [-0.3, -0.25) is 13.9 Å². The summed E-state index contributed by atoms with van der Waals surface area (Å²) >= 11 is 0. The fourth-order valence-electron chi connectivity index (χ4n) is 2.50. The van der Waals surface area contributed by atoms with E-state index in [4.69, 9.17) is 5.73 Å². The highest BCUT2D eigenvalue weighted by molar-refractivity contribution is 8.22. The molecule has 4 N–H and O–H groups in total. The van der Waals surface area contributed by atoms with Crippen molar-refractivity contribution in [1.29, 1.82) is 0 Å². The quantitative estimate of drug-likeness (QED) is 0.797. The van der Waals surface area contributed by atoms with Crippen LogP contribution in [-0.2, 0) is 4.79 Å². The summed E-state index contributed by atoms with van der Waals surface area (Å²) in [5.41, 5.74) is 6.47. The predicted octanol–water partition coefficient (Wildman–Crippen LogP) is 2.78. The fraction of sp³-hybridized carbons (Fsp3) is 0.500. The molecule has 0 radical (unpaired) electrons. The molecule has 1 unspecified atom stereocenters. The van der Waals surface area contributed by atoms with Crippen molar-refractivity contribution in [1.82, 2.24) is 4.31 Å². The number of amides is 1. The molecule has 5 nitrogen and oxygen atoms in total. The first-order chi connectivity index (χ1) is 9.34. The van der Waals surface area contributed by atoms with Crippen LogP contribution < -0.4 is 5.73 Å². The lowest BCUT2D eigenvalue weighted by atomic mass is 10.0. The van der Waals surface area contributed by atoms with Gasteiger partial charge in [0.15, 0.2) is 0 Å². The number of rotatable bonds is 4. The molecular formula is C14H22N2O3S. The molecule has 1 aromatic carbocycles. The van der Waals surface area contributed by atoms with Gasteiger partial charge in [-0.2, -0.15) is 4.31 Å². The molecule has 6 heteroatoms. The first-order valence-electron chi connectivity index (χ1n) is 6.78. The number of hydrogen-bond acceptors (Lipinski definition) is 4. The van der Waals surface area contributed by atoms with Crippen LogP contribution in [0.4, 0.5) is 0 Å². The van der Waals surface area contributed by atoms with Crippen molar-refractivity contribution in [3.05, 3.63) is 29.8 Å². The van der Waals surface area contributed by atoms with E-state index in [1.54, 1.807) is 12.1 Å². The molecule has 1 fully saturated rings. The number of nitrogens with zero attached hydrogens (tertiary/aromatic N) is 1. The Bertz CT molecular complexity index is 488. The topological polar surface area (TPSA) is 86.8 Å². The van der Waals surface area contributed by atoms with Crippen molar-refractivity contribution in [3.63, 3.8) is 0 Å². The van der Waals surface area contributed by atoms with Crippen LogP contribution in [0.3, 0.4) is 0 Å². The zero-order chi connectivity index (χ0) is 14.9. The molecule has 1 amide bonds. The molecule has 0 bridgehead atoms. The summed E-state index contributed by atoms with van der Waals surface area (Å²) in [6.45, 7) is 4.63. The average molecular weight is 298 g/mol. The summed E-state index contributed by atoms with van der Waals surface area (Å²) in [6, 6.07) is 6.64. The monoisotopic (exact) mass is 298 g/mol. The molecule has 1 saturated heterocycles. The highest BCUT2D eigenvalue weighted by Crippen LogP contribution is 2.54. The fourth-order valence-corrected chi connectivity index (χ4v) is 4.22. The molecule has 2 rings (SSSR count). The van der Waals surface area contributed by atoms with Gasteiger partial charge >= 0.3 is 0 Å². The Balaban J connectivity index is 2.27. The Morgan fingerprint density at radius 2 is 1.95 bits per heavy atom. The van der Waals surface area contributed by atoms with Crippen molar-refractivity contribution in [2.45, 2.75) is 43.5 Å². The second-order valence-corrected chi connectivity index (χ2v) is 7.42. The summed E-state index contributed by atoms with van der Waals surface area (Å²) in [6.07, 6.45) is 1.32. The molecule has 1 aromatic rings. The second-order valence-electron chi connectivity index (χ2n) is 5.44. The lowest BCUT2D eigenvalue weighted by Crippen LogP contribution is -2.41. The highest BCUT2D eigenvalue weighted by atomic mass is 32.3. The van der Waals surface area contributed by atoms with Crippen LogP contribution in [0.15, 0.2) is 29.2 Å². The predicted molar refractivity (Wildman–Crippen MR) is 80.6 cm³/mol. The molecule has 0 aliphatic carbocycles. The van der Waals surface area contributed by atoms with E-state index >= 15 is 0 Å². The maximum atomic E-state index is 11.4. The van der Waals surface area contributed by atoms with Crippen LogP contribution >= 0.6 is 10.8 Å². The summed E-state index contributed by atoms with van der Waals surface area (Å²) in [5, 5.41) is 0. The Labute approximate surface area is 121 Å². The zero-order valence-electron chi connectivity index (χ0n) is 11.8. The van der Waals surface area contributed by atoms with E-state index in [0.29, 0.717) is 23.8 Å². The van der Waals surface area contributed by atoms with E-state index in [9.17, 15) is 13.9 Å². The van der Waals surface area contributed by atoms with Gasteiger partial charge in [0.2, 0.25) is 5.91 Å². The minimum absolute atomic E-state index is 0.385. The van der Waals surface area contributed by atoms with Crippen molar-refractivity contribution < 1.29 is 13.9 Å². The second kappa shape index (κ2) is 5.73. The number of primary amides is 1. The first kappa shape index (κ1) is 15.3. The smallest absolute Gasteiger partial charge is 0.236 e. The van der Waals surface area contributed by atoms with Crippen LogP contribution in [0.1, 0.15) is 38.2 Å². The molecule has 0 aromatic heterocycles. The number of hydrogen-bond donors (Lipinski definition) is 3. The van der Waals surface area contributed by atoms with Gasteiger partial charge in [0.05, 0.1) is 4.90 Å². The number of benzene rings is 1. The Kier molecular flexibility index (Phi) is 4.39. The van der Waals surface area contributed by atoms with E-state index in [-0.39, 0.29) is 0 Å². The summed E-state index contributed by atoms with van der Waals surface area (Å²) in [4.78, 5) is 11.8. The molecule has 0 spiro atoms. The van der Waals surface area contributed by atoms with E-state index < -0.39 is 22.7 Å². The third-order valence-corrected chi connectivity index (χ3v) is 5.72. The summed E-state index contributed by atoms with van der Waals surface area (Å²) < 4.78 is 22.4. The standard InChI is InChI=1S/C14H22N2O3S/c1-10(2)11-5-7-12(8-6-11)20(18,19)16-9-3-4-13(16)14(15)17/h5-8,10,13,18-19H,3-4,9H2,1-2H3,(H2,15,17). The number of carbonyl (C=O) groups excluding carboxylic acids is 1. The normalized spacial score (nSPS) is 21.4. The average Bonchev–Trinajstić information content (AvgIpc) is 2.89. The van der Waals surface area contributed by atoms with Gasteiger partial charge in [0.25, 0.3) is 0 Å². The highest BCUT2D eigenvalue weighted by Gasteiger charge is 2.38. The van der Waals surface area contributed by atoms with Crippen LogP contribution in [0, 0.1) is 0 Å². The van der Waals surface area contributed by atoms with Gasteiger partial charge in [0.1, 0.15) is 6.04 Å². The van der Waals surface area contributed by atoms with Gasteiger partial charge in [-0.15, -0.1) is 10.8 Å². The molecule has 1 aliphatic rings. The minimum atomic E-state index is -3.14. The molecule has 1 atom stereocenters. The third-order valence-electron chi connectivity index (χ3n) is 3.72. The van der Waals surface area contributed by atoms with Gasteiger partial charge < -0.3 is 5.73 Å². The molecule has 20 heavy (non-hydrogen) atoms. The zero-order valence-corrected chi connectivity index (χ0v) is 12.6. The van der Waals surface area contributed by atoms with Crippen LogP contribution in [-0.4, -0.2) is 31.9 Å². The van der Waals surface area contributed by atoms with Gasteiger partial charge in [-0.05, 0) is 36.5 Å². The lowest BCUT2D eigenvalue weighted by Gasteiger charge is -2.43. The van der Waals surface area contributed by atoms with E-state index in [1.165, 1.54) is 4.31 Å². The summed E-state index contributed by atoms with van der Waals surface area (Å²) in [5.74, 6) is -0.114. The first-order valence-corrected chi connectivity index (χ1v) is 8.28. The van der Waals surface area contributed by atoms with E-state index in [1.807, 2.05) is 12.1 Å². The van der Waals surface area contributed by atoms with Gasteiger partial charge in [0, 0.05) is 6.54 Å². The van der Waals surface area contributed by atoms with Crippen molar-refractivity contribution in [2.75, 3.05) is 6.54 Å². The van der Waals surface area contributed by atoms with Crippen molar-refractivity contribution >= 4 is 16.7 Å². The van der Waals surface area contributed by atoms with Crippen molar-refractivity contribution in [3.8, 4) is 0 Å². The molecule has 1 heterocycles. The maximum Gasteiger partial charge on any atom is 0.236 e. The third kappa shape index (κ3) is 2.83. The Morgan fingerprint density at radius 1 is 1.35 bits per heavy atom. The van der Waals surface area contributed by atoms with Crippen LogP contribution in [0.2, 0.25) is 0 Å². The van der Waals surface area contributed by atoms with E-state index in [2.05, 4.69) is 13.8 Å². The van der Waals surface area contributed by atoms with Crippen molar-refractivity contribution in [2.24, 2.45) is 5.73 Å². The van der Waals surface area contributed by atoms with E-state index in [0.717, 1.165) is 12.0 Å². The molecule has 112 valence electrons. The number of carbonyl (C=O) groups is 1. The largest absolute Gasteiger partial charge is 0.368 e.